The highest BCUT2D eigenvalue weighted by molar-refractivity contribution is 7.99. The van der Waals surface area contributed by atoms with Gasteiger partial charge in [0.1, 0.15) is 5.75 Å². The van der Waals surface area contributed by atoms with E-state index < -0.39 is 6.36 Å². The average Bonchev–Trinajstić information content (AvgIpc) is 2.99. The third-order valence-electron chi connectivity index (χ3n) is 3.84. The van der Waals surface area contributed by atoms with Gasteiger partial charge < -0.3 is 9.64 Å². The molecule has 0 N–H and O–H groups in total. The Labute approximate surface area is 147 Å². The van der Waals surface area contributed by atoms with Crippen LogP contribution in [0.2, 0.25) is 0 Å². The van der Waals surface area contributed by atoms with Gasteiger partial charge in [-0.3, -0.25) is 4.79 Å². The molecule has 0 aliphatic carbocycles. The molecule has 1 heterocycles. The van der Waals surface area contributed by atoms with Crippen molar-refractivity contribution >= 4 is 23.4 Å². The van der Waals surface area contributed by atoms with Crippen LogP contribution in [-0.4, -0.2) is 24.6 Å². The van der Waals surface area contributed by atoms with Gasteiger partial charge in [0, 0.05) is 18.0 Å². The number of thioether (sulfide) groups is 1. The van der Waals surface area contributed by atoms with Crippen molar-refractivity contribution in [2.24, 2.45) is 0 Å². The van der Waals surface area contributed by atoms with Crippen LogP contribution in [0.3, 0.4) is 0 Å². The molecule has 3 nitrogen and oxygen atoms in total. The van der Waals surface area contributed by atoms with Crippen molar-refractivity contribution in [3.63, 3.8) is 0 Å². The molecule has 7 heteroatoms. The van der Waals surface area contributed by atoms with E-state index in [1.54, 1.807) is 17.0 Å². The summed E-state index contributed by atoms with van der Waals surface area (Å²) in [4.78, 5) is 14.2. The molecule has 25 heavy (non-hydrogen) atoms. The Morgan fingerprint density at radius 1 is 1.12 bits per heavy atom. The van der Waals surface area contributed by atoms with Crippen LogP contribution in [0.15, 0.2) is 48.5 Å². The van der Waals surface area contributed by atoms with Crippen LogP contribution in [-0.2, 0) is 17.0 Å². The number of rotatable bonds is 5. The molecule has 0 atom stereocenters. The van der Waals surface area contributed by atoms with E-state index in [0.717, 1.165) is 17.7 Å². The van der Waals surface area contributed by atoms with E-state index in [0.29, 0.717) is 18.1 Å². The molecule has 1 aliphatic rings. The maximum absolute atomic E-state index is 12.4. The third-order valence-corrected chi connectivity index (χ3v) is 4.83. The fourth-order valence-corrected chi connectivity index (χ4v) is 3.58. The SMILES string of the molecule is O=C(CSCc1ccc(OC(F)(F)F)cc1)N1CCc2ccccc21. The number of para-hydroxylation sites is 1. The fraction of sp³-hybridized carbons (Fsp3) is 0.278. The van der Waals surface area contributed by atoms with Crippen molar-refractivity contribution in [1.29, 1.82) is 0 Å². The van der Waals surface area contributed by atoms with Gasteiger partial charge in [-0.15, -0.1) is 24.9 Å². The van der Waals surface area contributed by atoms with E-state index in [1.165, 1.54) is 29.5 Å². The highest BCUT2D eigenvalue weighted by Crippen LogP contribution is 2.28. The molecule has 1 amide bonds. The number of nitrogens with zero attached hydrogens (tertiary/aromatic N) is 1. The second kappa shape index (κ2) is 7.39. The van der Waals surface area contributed by atoms with E-state index in [2.05, 4.69) is 4.74 Å². The van der Waals surface area contributed by atoms with Gasteiger partial charge in [0.15, 0.2) is 0 Å². The first kappa shape index (κ1) is 17.7. The summed E-state index contributed by atoms with van der Waals surface area (Å²) in [6.07, 6.45) is -3.82. The van der Waals surface area contributed by atoms with Crippen LogP contribution in [0.4, 0.5) is 18.9 Å². The van der Waals surface area contributed by atoms with Crippen molar-refractivity contribution in [3.05, 3.63) is 59.7 Å². The Morgan fingerprint density at radius 2 is 1.84 bits per heavy atom. The van der Waals surface area contributed by atoms with Crippen LogP contribution in [0.25, 0.3) is 0 Å². The van der Waals surface area contributed by atoms with Gasteiger partial charge in [0.25, 0.3) is 0 Å². The molecule has 0 radical (unpaired) electrons. The minimum atomic E-state index is -4.69. The maximum atomic E-state index is 12.4. The zero-order valence-corrected chi connectivity index (χ0v) is 14.1. The molecule has 0 saturated carbocycles. The lowest BCUT2D eigenvalue weighted by Gasteiger charge is -2.17. The Balaban J connectivity index is 1.49. The van der Waals surface area contributed by atoms with E-state index >= 15 is 0 Å². The minimum Gasteiger partial charge on any atom is -0.406 e. The molecule has 1 aliphatic heterocycles. The number of halogens is 3. The Kier molecular flexibility index (Phi) is 5.22. The summed E-state index contributed by atoms with van der Waals surface area (Å²) in [5, 5.41) is 0. The number of benzene rings is 2. The molecule has 0 unspecified atom stereocenters. The lowest BCUT2D eigenvalue weighted by molar-refractivity contribution is -0.274. The zero-order valence-electron chi connectivity index (χ0n) is 13.3. The summed E-state index contributed by atoms with van der Waals surface area (Å²) < 4.78 is 40.2. The molecule has 2 aromatic rings. The van der Waals surface area contributed by atoms with Crippen molar-refractivity contribution in [1.82, 2.24) is 0 Å². The van der Waals surface area contributed by atoms with Gasteiger partial charge in [-0.2, -0.15) is 0 Å². The van der Waals surface area contributed by atoms with Crippen LogP contribution >= 0.6 is 11.8 Å². The predicted octanol–water partition coefficient (Wildman–Crippen LogP) is 4.41. The number of hydrogen-bond donors (Lipinski definition) is 0. The predicted molar refractivity (Wildman–Crippen MR) is 91.8 cm³/mol. The topological polar surface area (TPSA) is 29.5 Å². The molecule has 0 spiro atoms. The first-order chi connectivity index (χ1) is 11.9. The van der Waals surface area contributed by atoms with E-state index in [4.69, 9.17) is 0 Å². The quantitative estimate of drug-likeness (QED) is 0.784. The standard InChI is InChI=1S/C18H16F3NO2S/c19-18(20,21)24-15-7-5-13(6-8-15)11-25-12-17(23)22-10-9-14-3-1-2-4-16(14)22/h1-8H,9-12H2. The van der Waals surface area contributed by atoms with Crippen LogP contribution < -0.4 is 9.64 Å². The third kappa shape index (κ3) is 4.69. The van der Waals surface area contributed by atoms with E-state index in [1.807, 2.05) is 24.3 Å². The monoisotopic (exact) mass is 367 g/mol. The van der Waals surface area contributed by atoms with Gasteiger partial charge in [-0.1, -0.05) is 30.3 Å². The number of alkyl halides is 3. The summed E-state index contributed by atoms with van der Waals surface area (Å²) >= 11 is 1.44. The molecular weight excluding hydrogens is 351 g/mol. The number of amides is 1. The first-order valence-corrected chi connectivity index (χ1v) is 8.88. The highest BCUT2D eigenvalue weighted by Gasteiger charge is 2.31. The van der Waals surface area contributed by atoms with Gasteiger partial charge in [0.2, 0.25) is 5.91 Å². The van der Waals surface area contributed by atoms with Crippen molar-refractivity contribution in [3.8, 4) is 5.75 Å². The normalized spacial score (nSPS) is 13.6. The highest BCUT2D eigenvalue weighted by atomic mass is 32.2. The summed E-state index contributed by atoms with van der Waals surface area (Å²) in [5.41, 5.74) is 3.00. The van der Waals surface area contributed by atoms with E-state index in [9.17, 15) is 18.0 Å². The molecule has 0 bridgehead atoms. The Bertz CT molecular complexity index is 747. The lowest BCUT2D eigenvalue weighted by Crippen LogP contribution is -2.30. The van der Waals surface area contributed by atoms with Crippen LogP contribution in [0, 0.1) is 0 Å². The van der Waals surface area contributed by atoms with Crippen molar-refractivity contribution in [2.45, 2.75) is 18.5 Å². The molecular formula is C18H16F3NO2S. The smallest absolute Gasteiger partial charge is 0.406 e. The summed E-state index contributed by atoms with van der Waals surface area (Å²) in [6.45, 7) is 0.697. The lowest BCUT2D eigenvalue weighted by atomic mass is 10.2. The zero-order chi connectivity index (χ0) is 17.9. The number of carbonyl (C=O) groups is 1. The van der Waals surface area contributed by atoms with E-state index in [-0.39, 0.29) is 11.7 Å². The molecule has 0 aromatic heterocycles. The molecule has 132 valence electrons. The first-order valence-electron chi connectivity index (χ1n) is 7.73. The largest absolute Gasteiger partial charge is 0.573 e. The minimum absolute atomic E-state index is 0.0481. The number of hydrogen-bond acceptors (Lipinski definition) is 3. The maximum Gasteiger partial charge on any atom is 0.573 e. The molecule has 0 fully saturated rings. The summed E-state index contributed by atoms with van der Waals surface area (Å²) in [6, 6.07) is 13.6. The summed E-state index contributed by atoms with van der Waals surface area (Å²) in [7, 11) is 0. The molecule has 3 rings (SSSR count). The molecule has 2 aromatic carbocycles. The van der Waals surface area contributed by atoms with Gasteiger partial charge >= 0.3 is 6.36 Å². The number of ether oxygens (including phenoxy) is 1. The van der Waals surface area contributed by atoms with Gasteiger partial charge in [-0.25, -0.2) is 0 Å². The van der Waals surface area contributed by atoms with Crippen LogP contribution in [0.5, 0.6) is 5.75 Å². The number of anilines is 1. The van der Waals surface area contributed by atoms with Crippen molar-refractivity contribution in [2.75, 3.05) is 17.2 Å². The van der Waals surface area contributed by atoms with Gasteiger partial charge in [-0.05, 0) is 35.7 Å². The van der Waals surface area contributed by atoms with Gasteiger partial charge in [0.05, 0.1) is 5.75 Å². The Morgan fingerprint density at radius 3 is 2.56 bits per heavy atom. The fourth-order valence-electron chi connectivity index (χ4n) is 2.72. The Hall–Kier alpha value is -2.15. The number of carbonyl (C=O) groups excluding carboxylic acids is 1. The van der Waals surface area contributed by atoms with Crippen LogP contribution in [0.1, 0.15) is 11.1 Å². The average molecular weight is 367 g/mol. The number of fused-ring (bicyclic) bond motifs is 1. The van der Waals surface area contributed by atoms with Crippen molar-refractivity contribution < 1.29 is 22.7 Å². The summed E-state index contributed by atoms with van der Waals surface area (Å²) in [5.74, 6) is 0.681. The molecule has 0 saturated heterocycles. The second-order valence-electron chi connectivity index (χ2n) is 5.61. The second-order valence-corrected chi connectivity index (χ2v) is 6.59.